The first-order valence-corrected chi connectivity index (χ1v) is 11.0. The Hall–Kier alpha value is -3.88. The SMILES string of the molecule is CCCOc1ccc(C(=O)Nc2nnc(C3CC(=O)N(c4ccc(OCC)cc4)C3)o2)cc1. The molecule has 9 heteroatoms. The molecule has 1 aliphatic rings. The second-order valence-corrected chi connectivity index (χ2v) is 7.60. The molecule has 172 valence electrons. The second kappa shape index (κ2) is 10.2. The fourth-order valence-corrected chi connectivity index (χ4v) is 3.55. The molecule has 2 aromatic carbocycles. The Morgan fingerprint density at radius 2 is 1.76 bits per heavy atom. The summed E-state index contributed by atoms with van der Waals surface area (Å²) in [5.74, 6) is 1.12. The van der Waals surface area contributed by atoms with E-state index >= 15 is 0 Å². The van der Waals surface area contributed by atoms with Gasteiger partial charge in [0.2, 0.25) is 11.8 Å². The Labute approximate surface area is 191 Å². The van der Waals surface area contributed by atoms with Gasteiger partial charge < -0.3 is 18.8 Å². The van der Waals surface area contributed by atoms with Gasteiger partial charge in [-0.15, -0.1) is 5.10 Å². The zero-order valence-electron chi connectivity index (χ0n) is 18.6. The molecule has 0 saturated carbocycles. The van der Waals surface area contributed by atoms with Crippen LogP contribution in [0.1, 0.15) is 48.9 Å². The van der Waals surface area contributed by atoms with Crippen molar-refractivity contribution in [2.45, 2.75) is 32.6 Å². The van der Waals surface area contributed by atoms with Crippen molar-refractivity contribution in [1.82, 2.24) is 10.2 Å². The average molecular weight is 450 g/mol. The molecule has 1 aromatic heterocycles. The Morgan fingerprint density at radius 1 is 1.06 bits per heavy atom. The number of hydrogen-bond donors (Lipinski definition) is 1. The first-order chi connectivity index (χ1) is 16.1. The molecule has 0 spiro atoms. The van der Waals surface area contributed by atoms with Crippen LogP contribution in [0.5, 0.6) is 11.5 Å². The third-order valence-corrected chi connectivity index (χ3v) is 5.18. The monoisotopic (exact) mass is 450 g/mol. The van der Waals surface area contributed by atoms with Gasteiger partial charge in [-0.1, -0.05) is 12.0 Å². The number of nitrogens with one attached hydrogen (secondary N) is 1. The van der Waals surface area contributed by atoms with Crippen molar-refractivity contribution in [2.24, 2.45) is 0 Å². The van der Waals surface area contributed by atoms with E-state index in [4.69, 9.17) is 13.9 Å². The predicted octanol–water partition coefficient (Wildman–Crippen LogP) is 4.03. The van der Waals surface area contributed by atoms with Gasteiger partial charge in [-0.2, -0.15) is 0 Å². The van der Waals surface area contributed by atoms with E-state index in [-0.39, 0.29) is 30.2 Å². The van der Waals surface area contributed by atoms with E-state index in [0.717, 1.165) is 17.9 Å². The van der Waals surface area contributed by atoms with Gasteiger partial charge in [0, 0.05) is 24.2 Å². The summed E-state index contributed by atoms with van der Waals surface area (Å²) in [6.07, 6.45) is 1.16. The summed E-state index contributed by atoms with van der Waals surface area (Å²) >= 11 is 0. The molecule has 0 bridgehead atoms. The molecule has 9 nitrogen and oxygen atoms in total. The summed E-state index contributed by atoms with van der Waals surface area (Å²) in [7, 11) is 0. The number of anilines is 2. The number of benzene rings is 2. The Morgan fingerprint density at radius 3 is 2.45 bits per heavy atom. The average Bonchev–Trinajstić information content (AvgIpc) is 3.45. The van der Waals surface area contributed by atoms with Gasteiger partial charge >= 0.3 is 6.01 Å². The summed E-state index contributed by atoms with van der Waals surface area (Å²) < 4.78 is 16.6. The summed E-state index contributed by atoms with van der Waals surface area (Å²) in [6, 6.07) is 14.2. The van der Waals surface area contributed by atoms with E-state index in [9.17, 15) is 9.59 Å². The number of hydrogen-bond acceptors (Lipinski definition) is 7. The molecule has 0 aliphatic carbocycles. The number of nitrogens with zero attached hydrogens (tertiary/aromatic N) is 3. The first-order valence-electron chi connectivity index (χ1n) is 11.0. The van der Waals surface area contributed by atoms with Crippen molar-refractivity contribution in [3.8, 4) is 11.5 Å². The minimum atomic E-state index is -0.370. The first kappa shape index (κ1) is 22.3. The van der Waals surface area contributed by atoms with Crippen LogP contribution < -0.4 is 19.7 Å². The normalized spacial score (nSPS) is 15.5. The van der Waals surface area contributed by atoms with Crippen LogP contribution in [0.15, 0.2) is 52.9 Å². The smallest absolute Gasteiger partial charge is 0.322 e. The quantitative estimate of drug-likeness (QED) is 0.524. The number of amides is 2. The van der Waals surface area contributed by atoms with E-state index < -0.39 is 0 Å². The maximum atomic E-state index is 12.6. The third kappa shape index (κ3) is 5.31. The fourth-order valence-electron chi connectivity index (χ4n) is 3.55. The van der Waals surface area contributed by atoms with Crippen LogP contribution in [0.25, 0.3) is 0 Å². The predicted molar refractivity (Wildman–Crippen MR) is 122 cm³/mol. The van der Waals surface area contributed by atoms with Crippen LogP contribution in [0.4, 0.5) is 11.7 Å². The van der Waals surface area contributed by atoms with E-state index in [0.29, 0.717) is 37.0 Å². The maximum Gasteiger partial charge on any atom is 0.322 e. The van der Waals surface area contributed by atoms with Crippen molar-refractivity contribution in [1.29, 1.82) is 0 Å². The number of ether oxygens (including phenoxy) is 2. The van der Waals surface area contributed by atoms with Gasteiger partial charge in [-0.05, 0) is 61.9 Å². The van der Waals surface area contributed by atoms with Crippen LogP contribution in [0, 0.1) is 0 Å². The van der Waals surface area contributed by atoms with Gasteiger partial charge in [0.15, 0.2) is 0 Å². The highest BCUT2D eigenvalue weighted by molar-refractivity contribution is 6.03. The van der Waals surface area contributed by atoms with Crippen LogP contribution in [0.3, 0.4) is 0 Å². The minimum absolute atomic E-state index is 0.00623. The molecule has 3 aromatic rings. The van der Waals surface area contributed by atoms with Crippen molar-refractivity contribution in [2.75, 3.05) is 30.0 Å². The molecule has 1 fully saturated rings. The van der Waals surface area contributed by atoms with Gasteiger partial charge in [0.1, 0.15) is 11.5 Å². The lowest BCUT2D eigenvalue weighted by Crippen LogP contribution is -2.24. The number of carbonyl (C=O) groups is 2. The van der Waals surface area contributed by atoms with Gasteiger partial charge in [0.05, 0.1) is 19.1 Å². The molecular weight excluding hydrogens is 424 g/mol. The zero-order chi connectivity index (χ0) is 23.2. The van der Waals surface area contributed by atoms with E-state index in [1.54, 1.807) is 29.2 Å². The number of aromatic nitrogens is 2. The third-order valence-electron chi connectivity index (χ3n) is 5.18. The van der Waals surface area contributed by atoms with Gasteiger partial charge in [-0.3, -0.25) is 14.9 Å². The van der Waals surface area contributed by atoms with Crippen LogP contribution in [0.2, 0.25) is 0 Å². The molecule has 1 saturated heterocycles. The number of rotatable bonds is 9. The molecule has 2 heterocycles. The molecule has 1 aliphatic heterocycles. The second-order valence-electron chi connectivity index (χ2n) is 7.60. The largest absolute Gasteiger partial charge is 0.494 e. The van der Waals surface area contributed by atoms with Crippen molar-refractivity contribution in [3.63, 3.8) is 0 Å². The highest BCUT2D eigenvalue weighted by Gasteiger charge is 2.35. The molecule has 4 rings (SSSR count). The number of carbonyl (C=O) groups excluding carboxylic acids is 2. The summed E-state index contributed by atoms with van der Waals surface area (Å²) in [5, 5.41) is 10.6. The standard InChI is InChI=1S/C24H26N4O5/c1-3-13-32-20-9-5-16(6-10-20)22(30)25-24-27-26-23(33-24)17-14-21(29)28(15-17)18-7-11-19(12-8-18)31-4-2/h5-12,17H,3-4,13-15H2,1-2H3,(H,25,27,30). The van der Waals surface area contributed by atoms with Gasteiger partial charge in [0.25, 0.3) is 5.91 Å². The molecular formula is C24H26N4O5. The van der Waals surface area contributed by atoms with Crippen molar-refractivity contribution >= 4 is 23.5 Å². The van der Waals surface area contributed by atoms with Gasteiger partial charge in [-0.25, -0.2) is 0 Å². The summed E-state index contributed by atoms with van der Waals surface area (Å²) in [4.78, 5) is 26.7. The lowest BCUT2D eigenvalue weighted by molar-refractivity contribution is -0.117. The fraction of sp³-hybridized carbons (Fsp3) is 0.333. The van der Waals surface area contributed by atoms with Crippen LogP contribution in [-0.4, -0.2) is 41.8 Å². The highest BCUT2D eigenvalue weighted by atomic mass is 16.5. The maximum absolute atomic E-state index is 12.6. The molecule has 1 unspecified atom stereocenters. The van der Waals surface area contributed by atoms with E-state index in [1.807, 2.05) is 38.1 Å². The molecule has 1 atom stereocenters. The van der Waals surface area contributed by atoms with E-state index in [1.165, 1.54) is 0 Å². The Balaban J connectivity index is 1.37. The summed E-state index contributed by atoms with van der Waals surface area (Å²) in [6.45, 7) is 5.57. The topological polar surface area (TPSA) is 107 Å². The lowest BCUT2D eigenvalue weighted by atomic mass is 10.1. The Kier molecular flexibility index (Phi) is 6.87. The molecule has 0 radical (unpaired) electrons. The van der Waals surface area contributed by atoms with E-state index in [2.05, 4.69) is 15.5 Å². The Bertz CT molecular complexity index is 1090. The zero-order valence-corrected chi connectivity index (χ0v) is 18.6. The van der Waals surface area contributed by atoms with Crippen LogP contribution in [-0.2, 0) is 4.79 Å². The van der Waals surface area contributed by atoms with Crippen molar-refractivity contribution in [3.05, 3.63) is 60.0 Å². The summed E-state index contributed by atoms with van der Waals surface area (Å²) in [5.41, 5.74) is 1.22. The highest BCUT2D eigenvalue weighted by Crippen LogP contribution is 2.32. The molecule has 1 N–H and O–H groups in total. The van der Waals surface area contributed by atoms with Crippen molar-refractivity contribution < 1.29 is 23.5 Å². The molecule has 33 heavy (non-hydrogen) atoms. The van der Waals surface area contributed by atoms with Crippen LogP contribution >= 0.6 is 0 Å². The lowest BCUT2D eigenvalue weighted by Gasteiger charge is -2.16. The molecule has 2 amide bonds. The minimum Gasteiger partial charge on any atom is -0.494 e.